The zero-order valence-corrected chi connectivity index (χ0v) is 15.4. The van der Waals surface area contributed by atoms with Gasteiger partial charge in [-0.25, -0.2) is 9.59 Å². The van der Waals surface area contributed by atoms with Crippen LogP contribution in [0.3, 0.4) is 0 Å². The van der Waals surface area contributed by atoms with Gasteiger partial charge in [-0.05, 0) is 20.8 Å². The minimum atomic E-state index is -1.09. The topological polar surface area (TPSA) is 147 Å². The van der Waals surface area contributed by atoms with Crippen LogP contribution in [0.15, 0.2) is 45.1 Å². The summed E-state index contributed by atoms with van der Waals surface area (Å²) in [5.41, 5.74) is -1.22. The summed E-state index contributed by atoms with van der Waals surface area (Å²) >= 11 is 0. The average molecular weight is 386 g/mol. The van der Waals surface area contributed by atoms with Crippen molar-refractivity contribution >= 4 is 17.5 Å². The third-order valence-electron chi connectivity index (χ3n) is 4.28. The van der Waals surface area contributed by atoms with Crippen molar-refractivity contribution in [3.05, 3.63) is 77.6 Å². The molecule has 10 heteroatoms. The van der Waals surface area contributed by atoms with Crippen molar-refractivity contribution in [2.45, 2.75) is 32.8 Å². The number of esters is 1. The number of hydrogen-bond acceptors (Lipinski definition) is 7. The summed E-state index contributed by atoms with van der Waals surface area (Å²) in [5, 5.41) is 14.4. The molecule has 0 unspecified atom stereocenters. The number of aromatic nitrogens is 2. The fraction of sp³-hybridized carbons (Fsp3) is 0.278. The summed E-state index contributed by atoms with van der Waals surface area (Å²) < 4.78 is 5.30. The predicted octanol–water partition coefficient (Wildman–Crippen LogP) is 1.75. The molecule has 0 amide bonds. The van der Waals surface area contributed by atoms with Gasteiger partial charge in [-0.1, -0.05) is 18.2 Å². The number of aromatic amines is 2. The molecule has 1 atom stereocenters. The maximum Gasteiger partial charge on any atom is 0.337 e. The fourth-order valence-electron chi connectivity index (χ4n) is 3.24. The summed E-state index contributed by atoms with van der Waals surface area (Å²) in [7, 11) is 0. The lowest BCUT2D eigenvalue weighted by Gasteiger charge is -2.28. The molecule has 1 aromatic carbocycles. The summed E-state index contributed by atoms with van der Waals surface area (Å²) in [4.78, 5) is 52.6. The minimum Gasteiger partial charge on any atom is -0.460 e. The molecule has 28 heavy (non-hydrogen) atoms. The van der Waals surface area contributed by atoms with E-state index in [2.05, 4.69) is 15.3 Å². The highest BCUT2D eigenvalue weighted by Crippen LogP contribution is 2.42. The van der Waals surface area contributed by atoms with Crippen molar-refractivity contribution in [2.24, 2.45) is 0 Å². The number of allylic oxidation sites excluding steroid dienone is 1. The molecule has 0 fully saturated rings. The van der Waals surface area contributed by atoms with E-state index in [0.717, 1.165) is 0 Å². The largest absolute Gasteiger partial charge is 0.460 e. The number of anilines is 1. The summed E-state index contributed by atoms with van der Waals surface area (Å²) in [5.74, 6) is -1.72. The normalized spacial score (nSPS) is 15.8. The second-order valence-corrected chi connectivity index (χ2v) is 6.56. The number of ether oxygens (including phenoxy) is 1. The molecule has 2 aromatic rings. The Kier molecular flexibility index (Phi) is 4.87. The number of fused-ring (bicyclic) bond motifs is 1. The number of para-hydroxylation sites is 1. The van der Waals surface area contributed by atoms with Gasteiger partial charge in [0.2, 0.25) is 0 Å². The van der Waals surface area contributed by atoms with Gasteiger partial charge in [0.25, 0.3) is 11.2 Å². The first kappa shape index (κ1) is 19.1. The van der Waals surface area contributed by atoms with Gasteiger partial charge < -0.3 is 10.1 Å². The highest BCUT2D eigenvalue weighted by atomic mass is 16.6. The van der Waals surface area contributed by atoms with Crippen LogP contribution in [-0.2, 0) is 9.53 Å². The maximum absolute atomic E-state index is 12.8. The molecule has 3 rings (SSSR count). The number of H-pyrrole nitrogens is 2. The zero-order chi connectivity index (χ0) is 20.6. The number of nitrogens with zero attached hydrogens (tertiary/aromatic N) is 1. The predicted molar refractivity (Wildman–Crippen MR) is 100 cm³/mol. The monoisotopic (exact) mass is 386 g/mol. The first-order chi connectivity index (χ1) is 13.2. The van der Waals surface area contributed by atoms with Crippen LogP contribution >= 0.6 is 0 Å². The fourth-order valence-corrected chi connectivity index (χ4v) is 3.24. The Bertz CT molecular complexity index is 1110. The molecule has 0 radical (unpaired) electrons. The van der Waals surface area contributed by atoms with Crippen LogP contribution in [-0.4, -0.2) is 27.0 Å². The highest BCUT2D eigenvalue weighted by molar-refractivity contribution is 5.94. The molecule has 2 heterocycles. The van der Waals surface area contributed by atoms with E-state index in [9.17, 15) is 24.5 Å². The SMILES string of the molecule is CC1=C(C(=O)OC(C)C)[C@@H](c2ccccc2[N+](=O)[O-])c2c([nH]c(=O)[nH]c2=O)N1. The average Bonchev–Trinajstić information content (AvgIpc) is 2.59. The van der Waals surface area contributed by atoms with Crippen molar-refractivity contribution in [2.75, 3.05) is 5.32 Å². The van der Waals surface area contributed by atoms with E-state index in [1.807, 2.05) is 0 Å². The van der Waals surface area contributed by atoms with E-state index in [-0.39, 0.29) is 28.2 Å². The van der Waals surface area contributed by atoms with Gasteiger partial charge in [0.15, 0.2) is 0 Å². The molecule has 3 N–H and O–H groups in total. The Morgan fingerprint density at radius 2 is 1.89 bits per heavy atom. The van der Waals surface area contributed by atoms with Crippen LogP contribution in [0.25, 0.3) is 0 Å². The van der Waals surface area contributed by atoms with Crippen LogP contribution in [0.2, 0.25) is 0 Å². The number of carbonyl (C=O) groups excluding carboxylic acids is 1. The molecule has 0 spiro atoms. The number of carbonyl (C=O) groups is 1. The Morgan fingerprint density at radius 1 is 1.21 bits per heavy atom. The van der Waals surface area contributed by atoms with Crippen LogP contribution < -0.4 is 16.6 Å². The van der Waals surface area contributed by atoms with E-state index in [0.29, 0.717) is 5.70 Å². The summed E-state index contributed by atoms with van der Waals surface area (Å²) in [6.45, 7) is 4.91. The second-order valence-electron chi connectivity index (χ2n) is 6.56. The Morgan fingerprint density at radius 3 is 2.54 bits per heavy atom. The standard InChI is InChI=1S/C18H18N4O6/c1-8(2)28-17(24)12-9(3)19-15-14(16(23)21-18(25)20-15)13(12)10-6-4-5-7-11(10)22(26)27/h4-8,13H,1-3H3,(H3,19,20,21,23,25)/t13-/m1/s1. The van der Waals surface area contributed by atoms with Gasteiger partial charge >= 0.3 is 11.7 Å². The molecule has 1 aliphatic rings. The molecule has 1 aliphatic heterocycles. The molecule has 0 saturated carbocycles. The Labute approximate surface area is 158 Å². The van der Waals surface area contributed by atoms with Crippen molar-refractivity contribution in [3.63, 3.8) is 0 Å². The number of nitro benzene ring substituents is 1. The van der Waals surface area contributed by atoms with Gasteiger partial charge in [-0.3, -0.25) is 24.9 Å². The molecule has 146 valence electrons. The van der Waals surface area contributed by atoms with Gasteiger partial charge in [0.05, 0.1) is 28.1 Å². The van der Waals surface area contributed by atoms with E-state index in [4.69, 9.17) is 4.74 Å². The highest BCUT2D eigenvalue weighted by Gasteiger charge is 2.39. The van der Waals surface area contributed by atoms with Crippen LogP contribution in [0.1, 0.15) is 37.8 Å². The number of nitro groups is 1. The molecule has 0 bridgehead atoms. The third-order valence-corrected chi connectivity index (χ3v) is 4.28. The third kappa shape index (κ3) is 3.31. The van der Waals surface area contributed by atoms with E-state index < -0.39 is 34.2 Å². The quantitative estimate of drug-likeness (QED) is 0.412. The number of benzene rings is 1. The first-order valence-corrected chi connectivity index (χ1v) is 8.49. The van der Waals surface area contributed by atoms with Crippen molar-refractivity contribution < 1.29 is 14.5 Å². The zero-order valence-electron chi connectivity index (χ0n) is 15.4. The molecular weight excluding hydrogens is 368 g/mol. The van der Waals surface area contributed by atoms with Gasteiger partial charge in [0.1, 0.15) is 5.82 Å². The Hall–Kier alpha value is -3.69. The molecule has 1 aromatic heterocycles. The smallest absolute Gasteiger partial charge is 0.337 e. The second kappa shape index (κ2) is 7.14. The van der Waals surface area contributed by atoms with Gasteiger partial charge in [-0.15, -0.1) is 0 Å². The Balaban J connectivity index is 2.34. The minimum absolute atomic E-state index is 0.00444. The maximum atomic E-state index is 12.8. The molecule has 10 nitrogen and oxygen atoms in total. The number of nitrogens with one attached hydrogen (secondary N) is 3. The first-order valence-electron chi connectivity index (χ1n) is 8.49. The van der Waals surface area contributed by atoms with E-state index in [1.165, 1.54) is 18.2 Å². The van der Waals surface area contributed by atoms with Crippen LogP contribution in [0.5, 0.6) is 0 Å². The van der Waals surface area contributed by atoms with Gasteiger partial charge in [0, 0.05) is 17.3 Å². The lowest BCUT2D eigenvalue weighted by atomic mass is 9.81. The van der Waals surface area contributed by atoms with Crippen molar-refractivity contribution in [1.29, 1.82) is 0 Å². The van der Waals surface area contributed by atoms with Gasteiger partial charge in [-0.2, -0.15) is 0 Å². The van der Waals surface area contributed by atoms with Crippen molar-refractivity contribution in [3.8, 4) is 0 Å². The van der Waals surface area contributed by atoms with E-state index in [1.54, 1.807) is 26.8 Å². The van der Waals surface area contributed by atoms with Crippen molar-refractivity contribution in [1.82, 2.24) is 9.97 Å². The molecular formula is C18H18N4O6. The van der Waals surface area contributed by atoms with E-state index >= 15 is 0 Å². The molecule has 0 saturated heterocycles. The lowest BCUT2D eigenvalue weighted by molar-refractivity contribution is -0.385. The van der Waals surface area contributed by atoms with Crippen LogP contribution in [0.4, 0.5) is 11.5 Å². The number of rotatable bonds is 4. The summed E-state index contributed by atoms with van der Waals surface area (Å²) in [6, 6.07) is 5.82. The number of hydrogen-bond donors (Lipinski definition) is 3. The molecule has 0 aliphatic carbocycles. The van der Waals surface area contributed by atoms with Crippen LogP contribution in [0, 0.1) is 10.1 Å². The summed E-state index contributed by atoms with van der Waals surface area (Å²) in [6.07, 6.45) is -0.436. The lowest BCUT2D eigenvalue weighted by Crippen LogP contribution is -2.35.